The lowest BCUT2D eigenvalue weighted by Gasteiger charge is -2.09. The predicted molar refractivity (Wildman–Crippen MR) is 76.7 cm³/mol. The molecular formula is C15H12FNO2S. The number of rotatable bonds is 3. The van der Waals surface area contributed by atoms with Gasteiger partial charge < -0.3 is 9.30 Å². The molecule has 2 aromatic heterocycles. The highest BCUT2D eigenvalue weighted by molar-refractivity contribution is 7.17. The highest BCUT2D eigenvalue weighted by Crippen LogP contribution is 2.26. The molecule has 0 saturated carbocycles. The molecule has 0 saturated heterocycles. The van der Waals surface area contributed by atoms with Crippen molar-refractivity contribution in [2.75, 3.05) is 7.11 Å². The summed E-state index contributed by atoms with van der Waals surface area (Å²) in [6.45, 7) is 0.505. The Labute approximate surface area is 119 Å². The number of ether oxygens (including phenoxy) is 1. The summed E-state index contributed by atoms with van der Waals surface area (Å²) in [5.41, 5.74) is 2.43. The predicted octanol–water partition coefficient (Wildman–Crippen LogP) is 3.68. The number of nitrogens with zero attached hydrogens (tertiary/aromatic N) is 1. The van der Waals surface area contributed by atoms with Crippen LogP contribution < -0.4 is 0 Å². The number of methoxy groups -OCH3 is 1. The average Bonchev–Trinajstić information content (AvgIpc) is 3.03. The van der Waals surface area contributed by atoms with Gasteiger partial charge in [-0.05, 0) is 35.2 Å². The molecule has 3 nitrogen and oxygen atoms in total. The first-order valence-corrected chi connectivity index (χ1v) is 6.96. The molecular weight excluding hydrogens is 277 g/mol. The molecule has 0 aliphatic rings. The number of fused-ring (bicyclic) bond motifs is 1. The van der Waals surface area contributed by atoms with E-state index in [9.17, 15) is 9.18 Å². The standard InChI is InChI=1S/C15H12FNO2S/c1-19-15(18)13-8-14-12(6-7-20-14)17(13)9-10-2-4-11(16)5-3-10/h2-8H,9H2,1H3. The zero-order chi connectivity index (χ0) is 14.1. The molecule has 0 N–H and O–H groups in total. The van der Waals surface area contributed by atoms with Gasteiger partial charge in [0, 0.05) is 6.54 Å². The van der Waals surface area contributed by atoms with Crippen molar-refractivity contribution in [2.45, 2.75) is 6.54 Å². The van der Waals surface area contributed by atoms with Crippen LogP contribution in [0, 0.1) is 5.82 Å². The average molecular weight is 289 g/mol. The van der Waals surface area contributed by atoms with Crippen molar-refractivity contribution in [3.05, 3.63) is 58.9 Å². The lowest BCUT2D eigenvalue weighted by Crippen LogP contribution is -2.11. The number of aromatic nitrogens is 1. The number of carbonyl (C=O) groups excluding carboxylic acids is 1. The van der Waals surface area contributed by atoms with Crippen molar-refractivity contribution >= 4 is 27.5 Å². The molecule has 0 amide bonds. The maximum Gasteiger partial charge on any atom is 0.354 e. The van der Waals surface area contributed by atoms with Gasteiger partial charge in [0.1, 0.15) is 11.5 Å². The molecule has 5 heteroatoms. The van der Waals surface area contributed by atoms with Gasteiger partial charge in [-0.15, -0.1) is 11.3 Å². The molecule has 0 spiro atoms. The quantitative estimate of drug-likeness (QED) is 0.689. The number of esters is 1. The third-order valence-electron chi connectivity index (χ3n) is 3.17. The number of thiophene rings is 1. The van der Waals surface area contributed by atoms with Crippen molar-refractivity contribution < 1.29 is 13.9 Å². The molecule has 3 aromatic rings. The van der Waals surface area contributed by atoms with Crippen LogP contribution in [0.5, 0.6) is 0 Å². The van der Waals surface area contributed by atoms with Crippen LogP contribution in [0.15, 0.2) is 41.8 Å². The molecule has 2 heterocycles. The summed E-state index contributed by atoms with van der Waals surface area (Å²) in [6.07, 6.45) is 0. The second kappa shape index (κ2) is 5.09. The van der Waals surface area contributed by atoms with E-state index in [0.29, 0.717) is 12.2 Å². The van der Waals surface area contributed by atoms with Crippen LogP contribution in [-0.4, -0.2) is 17.6 Å². The fourth-order valence-electron chi connectivity index (χ4n) is 2.19. The Morgan fingerprint density at radius 3 is 2.75 bits per heavy atom. The molecule has 102 valence electrons. The van der Waals surface area contributed by atoms with Gasteiger partial charge in [-0.1, -0.05) is 12.1 Å². The largest absolute Gasteiger partial charge is 0.464 e. The molecule has 0 radical (unpaired) electrons. The molecule has 0 aliphatic carbocycles. The molecule has 0 atom stereocenters. The van der Waals surface area contributed by atoms with Crippen LogP contribution in [0.25, 0.3) is 10.2 Å². The van der Waals surface area contributed by atoms with Crippen molar-refractivity contribution in [2.24, 2.45) is 0 Å². The molecule has 0 bridgehead atoms. The fourth-order valence-corrected chi connectivity index (χ4v) is 3.02. The lowest BCUT2D eigenvalue weighted by molar-refractivity contribution is 0.0589. The zero-order valence-electron chi connectivity index (χ0n) is 10.8. The Bertz CT molecular complexity index is 758. The lowest BCUT2D eigenvalue weighted by atomic mass is 10.2. The first-order valence-electron chi connectivity index (χ1n) is 6.08. The van der Waals surface area contributed by atoms with E-state index < -0.39 is 0 Å². The molecule has 0 aliphatic heterocycles. The van der Waals surface area contributed by atoms with Crippen LogP contribution in [0.1, 0.15) is 16.1 Å². The number of halogens is 1. The van der Waals surface area contributed by atoms with Crippen LogP contribution in [0.4, 0.5) is 4.39 Å². The zero-order valence-corrected chi connectivity index (χ0v) is 11.6. The maximum atomic E-state index is 13.0. The van der Waals surface area contributed by atoms with Gasteiger partial charge in [0.15, 0.2) is 0 Å². The first-order chi connectivity index (χ1) is 9.69. The van der Waals surface area contributed by atoms with Gasteiger partial charge in [-0.2, -0.15) is 0 Å². The Hall–Kier alpha value is -2.14. The molecule has 0 fully saturated rings. The summed E-state index contributed by atoms with van der Waals surface area (Å²) in [5.74, 6) is -0.634. The van der Waals surface area contributed by atoms with Crippen LogP contribution in [0.3, 0.4) is 0 Å². The normalized spacial score (nSPS) is 10.9. The molecule has 3 rings (SSSR count). The third kappa shape index (κ3) is 2.20. The van der Waals surface area contributed by atoms with Gasteiger partial charge in [-0.3, -0.25) is 0 Å². The van der Waals surface area contributed by atoms with Crippen LogP contribution in [0.2, 0.25) is 0 Å². The van der Waals surface area contributed by atoms with Crippen LogP contribution >= 0.6 is 11.3 Å². The summed E-state index contributed by atoms with van der Waals surface area (Å²) in [7, 11) is 1.37. The number of hydrogen-bond donors (Lipinski definition) is 0. The summed E-state index contributed by atoms with van der Waals surface area (Å²) < 4.78 is 20.7. The van der Waals surface area contributed by atoms with Gasteiger partial charge >= 0.3 is 5.97 Å². The van der Waals surface area contributed by atoms with Crippen molar-refractivity contribution in [1.29, 1.82) is 0 Å². The van der Waals surface area contributed by atoms with Crippen molar-refractivity contribution in [3.63, 3.8) is 0 Å². The van der Waals surface area contributed by atoms with E-state index >= 15 is 0 Å². The van der Waals surface area contributed by atoms with Crippen molar-refractivity contribution in [1.82, 2.24) is 4.57 Å². The molecule has 0 unspecified atom stereocenters. The van der Waals surface area contributed by atoms with Crippen molar-refractivity contribution in [3.8, 4) is 0 Å². The van der Waals surface area contributed by atoms with E-state index in [2.05, 4.69) is 0 Å². The summed E-state index contributed by atoms with van der Waals surface area (Å²) >= 11 is 1.57. The summed E-state index contributed by atoms with van der Waals surface area (Å²) in [5, 5.41) is 1.98. The minimum absolute atomic E-state index is 0.268. The van der Waals surface area contributed by atoms with E-state index in [1.54, 1.807) is 23.5 Å². The summed E-state index contributed by atoms with van der Waals surface area (Å²) in [6, 6.07) is 10.1. The Morgan fingerprint density at radius 1 is 1.30 bits per heavy atom. The van der Waals surface area contributed by atoms with Gasteiger partial charge in [0.2, 0.25) is 0 Å². The third-order valence-corrected chi connectivity index (χ3v) is 4.02. The molecule has 20 heavy (non-hydrogen) atoms. The minimum Gasteiger partial charge on any atom is -0.464 e. The topological polar surface area (TPSA) is 31.2 Å². The van der Waals surface area contributed by atoms with E-state index in [-0.39, 0.29) is 11.8 Å². The highest BCUT2D eigenvalue weighted by atomic mass is 32.1. The van der Waals surface area contributed by atoms with E-state index in [1.165, 1.54) is 19.2 Å². The second-order valence-corrected chi connectivity index (χ2v) is 5.35. The fraction of sp³-hybridized carbons (Fsp3) is 0.133. The monoisotopic (exact) mass is 289 g/mol. The Morgan fingerprint density at radius 2 is 2.05 bits per heavy atom. The Balaban J connectivity index is 2.06. The van der Waals surface area contributed by atoms with E-state index in [0.717, 1.165) is 15.8 Å². The number of benzene rings is 1. The minimum atomic E-state index is -0.365. The highest BCUT2D eigenvalue weighted by Gasteiger charge is 2.16. The maximum absolute atomic E-state index is 13.0. The molecule has 1 aromatic carbocycles. The van der Waals surface area contributed by atoms with E-state index in [4.69, 9.17) is 4.74 Å². The first kappa shape index (κ1) is 12.9. The van der Waals surface area contributed by atoms with Gasteiger partial charge in [0.25, 0.3) is 0 Å². The summed E-state index contributed by atoms with van der Waals surface area (Å²) in [4.78, 5) is 11.8. The SMILES string of the molecule is COC(=O)c1cc2sccc2n1Cc1ccc(F)cc1. The van der Waals surface area contributed by atoms with Gasteiger partial charge in [-0.25, -0.2) is 9.18 Å². The number of hydrogen-bond acceptors (Lipinski definition) is 3. The second-order valence-electron chi connectivity index (χ2n) is 4.40. The number of carbonyl (C=O) groups is 1. The van der Waals surface area contributed by atoms with Crippen LogP contribution in [-0.2, 0) is 11.3 Å². The van der Waals surface area contributed by atoms with Gasteiger partial charge in [0.05, 0.1) is 17.3 Å². The Kier molecular flexibility index (Phi) is 3.28. The van der Waals surface area contributed by atoms with E-state index in [1.807, 2.05) is 22.1 Å². The smallest absolute Gasteiger partial charge is 0.354 e.